The second kappa shape index (κ2) is 8.55. The Balaban J connectivity index is 1.97. The van der Waals surface area contributed by atoms with Crippen LogP contribution in [-0.2, 0) is 0 Å². The highest BCUT2D eigenvalue weighted by atomic mass is 79.9. The van der Waals surface area contributed by atoms with Gasteiger partial charge in [0.15, 0.2) is 0 Å². The summed E-state index contributed by atoms with van der Waals surface area (Å²) in [6.07, 6.45) is 3.76. The topological polar surface area (TPSA) is 53.4 Å². The molecule has 1 aromatic heterocycles. The van der Waals surface area contributed by atoms with E-state index in [-0.39, 0.29) is 5.56 Å². The van der Waals surface area contributed by atoms with E-state index >= 15 is 0 Å². The summed E-state index contributed by atoms with van der Waals surface area (Å²) in [5.74, 6) is 1.66. The fourth-order valence-electron chi connectivity index (χ4n) is 3.25. The van der Waals surface area contributed by atoms with Crippen LogP contribution in [0.15, 0.2) is 76.0 Å². The van der Waals surface area contributed by atoms with Gasteiger partial charge in [0, 0.05) is 10.5 Å². The van der Waals surface area contributed by atoms with E-state index in [0.29, 0.717) is 33.9 Å². The first-order valence-electron chi connectivity index (χ1n) is 9.28. The SMILES string of the molecule is COc1ccc(-n2c(/C=C\c3cccc(Br)c3)nc3ccccc3c2=O)c(OC)c1. The fraction of sp³-hybridized carbons (Fsp3) is 0.0833. The summed E-state index contributed by atoms with van der Waals surface area (Å²) < 4.78 is 13.4. The predicted molar refractivity (Wildman–Crippen MR) is 124 cm³/mol. The number of benzene rings is 3. The van der Waals surface area contributed by atoms with Gasteiger partial charge in [0.25, 0.3) is 5.56 Å². The van der Waals surface area contributed by atoms with Gasteiger partial charge < -0.3 is 9.47 Å². The smallest absolute Gasteiger partial charge is 0.266 e. The summed E-state index contributed by atoms with van der Waals surface area (Å²) in [5, 5.41) is 0.537. The Morgan fingerprint density at radius 3 is 2.53 bits per heavy atom. The van der Waals surface area contributed by atoms with Crippen molar-refractivity contribution in [3.63, 3.8) is 0 Å². The third-order valence-corrected chi connectivity index (χ3v) is 5.20. The van der Waals surface area contributed by atoms with E-state index in [1.165, 1.54) is 0 Å². The molecule has 0 amide bonds. The van der Waals surface area contributed by atoms with Crippen molar-refractivity contribution in [2.45, 2.75) is 0 Å². The van der Waals surface area contributed by atoms with Crippen LogP contribution in [0.5, 0.6) is 11.5 Å². The lowest BCUT2D eigenvalue weighted by molar-refractivity contribution is 0.393. The van der Waals surface area contributed by atoms with Crippen LogP contribution in [-0.4, -0.2) is 23.8 Å². The van der Waals surface area contributed by atoms with Gasteiger partial charge in [-0.25, -0.2) is 4.98 Å². The van der Waals surface area contributed by atoms with E-state index < -0.39 is 0 Å². The molecule has 0 aliphatic carbocycles. The Kier molecular flexibility index (Phi) is 5.68. The van der Waals surface area contributed by atoms with Crippen molar-refractivity contribution in [2.75, 3.05) is 14.2 Å². The maximum Gasteiger partial charge on any atom is 0.266 e. The van der Waals surface area contributed by atoms with Gasteiger partial charge in [-0.2, -0.15) is 0 Å². The van der Waals surface area contributed by atoms with Crippen molar-refractivity contribution in [3.8, 4) is 17.2 Å². The maximum atomic E-state index is 13.4. The molecule has 0 N–H and O–H groups in total. The minimum atomic E-state index is -0.169. The first kappa shape index (κ1) is 19.9. The molecule has 4 rings (SSSR count). The number of rotatable bonds is 5. The van der Waals surface area contributed by atoms with Gasteiger partial charge in [0.1, 0.15) is 17.3 Å². The zero-order valence-corrected chi connectivity index (χ0v) is 18.1. The van der Waals surface area contributed by atoms with Crippen molar-refractivity contribution in [3.05, 3.63) is 92.9 Å². The molecular weight excluding hydrogens is 444 g/mol. The van der Waals surface area contributed by atoms with Crippen molar-refractivity contribution in [1.29, 1.82) is 0 Å². The summed E-state index contributed by atoms with van der Waals surface area (Å²) in [4.78, 5) is 18.2. The van der Waals surface area contributed by atoms with Crippen molar-refractivity contribution < 1.29 is 9.47 Å². The average molecular weight is 463 g/mol. The number of fused-ring (bicyclic) bond motifs is 1. The molecule has 0 aliphatic rings. The van der Waals surface area contributed by atoms with Crippen LogP contribution in [0.3, 0.4) is 0 Å². The zero-order chi connectivity index (χ0) is 21.1. The molecule has 6 heteroatoms. The third kappa shape index (κ3) is 3.86. The summed E-state index contributed by atoms with van der Waals surface area (Å²) in [6.45, 7) is 0. The van der Waals surface area contributed by atoms with Crippen LogP contribution in [0.25, 0.3) is 28.7 Å². The van der Waals surface area contributed by atoms with E-state index in [1.807, 2.05) is 54.6 Å². The summed E-state index contributed by atoms with van der Waals surface area (Å²) >= 11 is 3.48. The van der Waals surface area contributed by atoms with Gasteiger partial charge in [0.05, 0.1) is 30.8 Å². The molecule has 0 saturated carbocycles. The van der Waals surface area contributed by atoms with Gasteiger partial charge in [0.2, 0.25) is 0 Å². The quantitative estimate of drug-likeness (QED) is 0.401. The molecule has 4 aromatic rings. The second-order valence-electron chi connectivity index (χ2n) is 6.55. The van der Waals surface area contributed by atoms with Crippen LogP contribution >= 0.6 is 15.9 Å². The van der Waals surface area contributed by atoms with E-state index in [0.717, 1.165) is 10.0 Å². The number of aromatic nitrogens is 2. The average Bonchev–Trinajstić information content (AvgIpc) is 2.77. The normalized spacial score (nSPS) is 11.2. The van der Waals surface area contributed by atoms with Crippen molar-refractivity contribution in [2.24, 2.45) is 0 Å². The van der Waals surface area contributed by atoms with Crippen molar-refractivity contribution >= 4 is 39.0 Å². The number of nitrogens with zero attached hydrogens (tertiary/aromatic N) is 2. The zero-order valence-electron chi connectivity index (χ0n) is 16.5. The molecule has 1 heterocycles. The van der Waals surface area contributed by atoms with E-state index in [4.69, 9.17) is 14.5 Å². The number of hydrogen-bond donors (Lipinski definition) is 0. The van der Waals surface area contributed by atoms with Crippen molar-refractivity contribution in [1.82, 2.24) is 9.55 Å². The Labute approximate surface area is 182 Å². The number of para-hydroxylation sites is 1. The second-order valence-corrected chi connectivity index (χ2v) is 7.47. The lowest BCUT2D eigenvalue weighted by Crippen LogP contribution is -2.22. The molecule has 0 bridgehead atoms. The number of halogens is 1. The highest BCUT2D eigenvalue weighted by molar-refractivity contribution is 9.10. The van der Waals surface area contributed by atoms with Crippen LogP contribution in [0.2, 0.25) is 0 Å². The minimum absolute atomic E-state index is 0.169. The van der Waals surface area contributed by atoms with Crippen LogP contribution in [0, 0.1) is 0 Å². The van der Waals surface area contributed by atoms with Gasteiger partial charge in [-0.1, -0.05) is 46.3 Å². The highest BCUT2D eigenvalue weighted by Crippen LogP contribution is 2.28. The van der Waals surface area contributed by atoms with Crippen LogP contribution in [0.4, 0.5) is 0 Å². The summed E-state index contributed by atoms with van der Waals surface area (Å²) in [5.41, 5.74) is 2.05. The lowest BCUT2D eigenvalue weighted by atomic mass is 10.2. The number of ether oxygens (including phenoxy) is 2. The highest BCUT2D eigenvalue weighted by Gasteiger charge is 2.15. The van der Waals surface area contributed by atoms with Gasteiger partial charge >= 0.3 is 0 Å². The van der Waals surface area contributed by atoms with Crippen LogP contribution in [0.1, 0.15) is 11.4 Å². The standard InChI is InChI=1S/C24H19BrN2O3/c1-29-18-11-12-21(22(15-18)30-2)27-23(13-10-16-6-5-7-17(25)14-16)26-20-9-4-3-8-19(20)24(27)28/h3-15H,1-2H3/b13-10-. The molecule has 0 fully saturated rings. The predicted octanol–water partition coefficient (Wildman–Crippen LogP) is 5.34. The third-order valence-electron chi connectivity index (χ3n) is 4.70. The monoisotopic (exact) mass is 462 g/mol. The number of methoxy groups -OCH3 is 2. The largest absolute Gasteiger partial charge is 0.497 e. The summed E-state index contributed by atoms with van der Waals surface area (Å²) in [6, 6.07) is 20.5. The molecule has 0 atom stereocenters. The molecular formula is C24H19BrN2O3. The van der Waals surface area contributed by atoms with Gasteiger partial charge in [-0.05, 0) is 48.0 Å². The Morgan fingerprint density at radius 2 is 1.77 bits per heavy atom. The molecule has 3 aromatic carbocycles. The molecule has 0 spiro atoms. The fourth-order valence-corrected chi connectivity index (χ4v) is 3.66. The molecule has 0 radical (unpaired) electrons. The maximum absolute atomic E-state index is 13.4. The molecule has 30 heavy (non-hydrogen) atoms. The summed E-state index contributed by atoms with van der Waals surface area (Å²) in [7, 11) is 3.15. The molecule has 150 valence electrons. The Hall–Kier alpha value is -3.38. The molecule has 0 aliphatic heterocycles. The molecule has 0 saturated heterocycles. The van der Waals surface area contributed by atoms with E-state index in [9.17, 15) is 4.79 Å². The minimum Gasteiger partial charge on any atom is -0.497 e. The van der Waals surface area contributed by atoms with E-state index in [2.05, 4.69) is 15.9 Å². The van der Waals surface area contributed by atoms with E-state index in [1.54, 1.807) is 43.1 Å². The number of hydrogen-bond acceptors (Lipinski definition) is 4. The first-order valence-corrected chi connectivity index (χ1v) is 10.1. The lowest BCUT2D eigenvalue weighted by Gasteiger charge is -2.15. The Morgan fingerprint density at radius 1 is 0.933 bits per heavy atom. The first-order chi connectivity index (χ1) is 14.6. The molecule has 0 unspecified atom stereocenters. The molecule has 5 nitrogen and oxygen atoms in total. The van der Waals surface area contributed by atoms with Gasteiger partial charge in [-0.15, -0.1) is 0 Å². The van der Waals surface area contributed by atoms with Gasteiger partial charge in [-0.3, -0.25) is 9.36 Å². The van der Waals surface area contributed by atoms with Crippen LogP contribution < -0.4 is 15.0 Å². The Bertz CT molecular complexity index is 1310.